The molecular formula is C27H32N2O5S. The number of hydrogen-bond donors (Lipinski definition) is 2. The van der Waals surface area contributed by atoms with E-state index in [1.807, 2.05) is 56.3 Å². The number of nitrogens with one attached hydrogen (secondary N) is 1. The third-order valence-corrected chi connectivity index (χ3v) is 9.83. The number of rotatable bonds is 7. The summed E-state index contributed by atoms with van der Waals surface area (Å²) in [7, 11) is 0. The van der Waals surface area contributed by atoms with Gasteiger partial charge in [0.05, 0.1) is 35.8 Å². The Kier molecular flexibility index (Phi) is 6.30. The van der Waals surface area contributed by atoms with E-state index in [2.05, 4.69) is 5.32 Å². The van der Waals surface area contributed by atoms with Gasteiger partial charge in [0.15, 0.2) is 0 Å². The van der Waals surface area contributed by atoms with E-state index in [-0.39, 0.29) is 42.2 Å². The molecule has 3 aliphatic heterocycles. The second-order valence-corrected chi connectivity index (χ2v) is 11.7. The molecular weight excluding hydrogens is 464 g/mol. The molecule has 0 aliphatic carbocycles. The van der Waals surface area contributed by atoms with Gasteiger partial charge in [-0.25, -0.2) is 0 Å². The lowest BCUT2D eigenvalue weighted by Gasteiger charge is -2.38. The maximum absolute atomic E-state index is 14.0. The maximum atomic E-state index is 14.0. The number of ether oxygens (including phenoxy) is 1. The fourth-order valence-corrected chi connectivity index (χ4v) is 8.55. The predicted octanol–water partition coefficient (Wildman–Crippen LogP) is 3.45. The topological polar surface area (TPSA) is 95.9 Å². The lowest BCUT2D eigenvalue weighted by atomic mass is 9.71. The number of fused-ring (bicyclic) bond motifs is 2. The van der Waals surface area contributed by atoms with Crippen molar-refractivity contribution in [3.8, 4) is 0 Å². The second kappa shape index (κ2) is 9.13. The smallest absolute Gasteiger partial charge is 0.310 e. The van der Waals surface area contributed by atoms with Crippen LogP contribution in [0.15, 0.2) is 42.5 Å². The Labute approximate surface area is 209 Å². The molecule has 2 aromatic carbocycles. The quantitative estimate of drug-likeness (QED) is 0.570. The maximum Gasteiger partial charge on any atom is 0.310 e. The third kappa shape index (κ3) is 3.73. The molecule has 35 heavy (non-hydrogen) atoms. The van der Waals surface area contributed by atoms with E-state index >= 15 is 0 Å². The van der Waals surface area contributed by atoms with Crippen molar-refractivity contribution < 1.29 is 24.2 Å². The number of benzene rings is 2. The molecule has 1 spiro atoms. The number of likely N-dealkylation sites (tertiary alicyclic amines) is 1. The first-order valence-electron chi connectivity index (χ1n) is 12.4. The van der Waals surface area contributed by atoms with Crippen molar-refractivity contribution in [1.29, 1.82) is 0 Å². The van der Waals surface area contributed by atoms with Gasteiger partial charge < -0.3 is 20.1 Å². The van der Waals surface area contributed by atoms with Crippen LogP contribution in [0.3, 0.4) is 0 Å². The monoisotopic (exact) mass is 496 g/mol. The zero-order valence-corrected chi connectivity index (χ0v) is 21.1. The average molecular weight is 497 g/mol. The Morgan fingerprint density at radius 2 is 1.97 bits per heavy atom. The highest BCUT2D eigenvalue weighted by molar-refractivity contribution is 8.02. The van der Waals surface area contributed by atoms with Crippen molar-refractivity contribution in [2.24, 2.45) is 17.8 Å². The van der Waals surface area contributed by atoms with Crippen LogP contribution in [0.5, 0.6) is 0 Å². The Bertz CT molecular complexity index is 1170. The van der Waals surface area contributed by atoms with Crippen LogP contribution in [-0.4, -0.2) is 63.1 Å². The number of thioether (sulfide) groups is 1. The van der Waals surface area contributed by atoms with E-state index in [1.54, 1.807) is 23.6 Å². The molecule has 3 saturated heterocycles. The van der Waals surface area contributed by atoms with Crippen molar-refractivity contribution in [1.82, 2.24) is 4.90 Å². The molecule has 0 aromatic heterocycles. The van der Waals surface area contributed by atoms with E-state index in [1.165, 1.54) is 0 Å². The summed E-state index contributed by atoms with van der Waals surface area (Å²) >= 11 is 1.60. The van der Waals surface area contributed by atoms with Gasteiger partial charge in [-0.05, 0) is 48.6 Å². The summed E-state index contributed by atoms with van der Waals surface area (Å²) < 4.78 is 4.65. The largest absolute Gasteiger partial charge is 0.466 e. The number of anilines is 1. The molecule has 6 atom stereocenters. The van der Waals surface area contributed by atoms with E-state index < -0.39 is 28.7 Å². The first-order valence-corrected chi connectivity index (χ1v) is 13.3. The normalized spacial score (nSPS) is 30.1. The Morgan fingerprint density at radius 3 is 2.66 bits per heavy atom. The molecule has 186 valence electrons. The standard InChI is InChI=1S/C27H32N2O5S/c1-4-34-26(33)21-20-11-12-27(35-20)22(21)25(32)29(19(14-30)15(2)3)23(27)24(31)28-18-10-9-16-7-5-6-8-17(16)13-18/h5-10,13,15,19-23,30H,4,11-12,14H2,1-3H3,(H,28,31)/t19-,20-,21+,22-,23?,27?/m0/s1. The number of nitrogens with zero attached hydrogens (tertiary/aromatic N) is 1. The van der Waals surface area contributed by atoms with Gasteiger partial charge >= 0.3 is 5.97 Å². The number of aliphatic hydroxyl groups excluding tert-OH is 1. The lowest BCUT2D eigenvalue weighted by Crippen LogP contribution is -2.56. The van der Waals surface area contributed by atoms with Gasteiger partial charge in [0, 0.05) is 10.9 Å². The SMILES string of the molecule is CCOC(=O)[C@@H]1[C@@H]2CCC3(S2)C(C(=O)Nc2ccc4ccccc4c2)N([C@@H](CO)C(C)C)C(=O)[C@H]13. The number of hydrogen-bond acceptors (Lipinski definition) is 6. The van der Waals surface area contributed by atoms with Gasteiger partial charge in [-0.3, -0.25) is 14.4 Å². The van der Waals surface area contributed by atoms with E-state index in [4.69, 9.17) is 4.74 Å². The van der Waals surface area contributed by atoms with E-state index in [0.29, 0.717) is 12.1 Å². The summed E-state index contributed by atoms with van der Waals surface area (Å²) in [6.07, 6.45) is 1.44. The molecule has 0 radical (unpaired) electrons. The minimum atomic E-state index is -0.777. The van der Waals surface area contributed by atoms with Gasteiger partial charge in [0.2, 0.25) is 11.8 Å². The summed E-state index contributed by atoms with van der Waals surface area (Å²) in [6, 6.07) is 12.4. The molecule has 2 amide bonds. The van der Waals surface area contributed by atoms with Gasteiger partial charge in [0.1, 0.15) is 6.04 Å². The summed E-state index contributed by atoms with van der Waals surface area (Å²) in [5.74, 6) is -2.08. The first kappa shape index (κ1) is 24.1. The lowest BCUT2D eigenvalue weighted by molar-refractivity contribution is -0.154. The molecule has 5 rings (SSSR count). The van der Waals surface area contributed by atoms with Crippen LogP contribution in [0.2, 0.25) is 0 Å². The van der Waals surface area contributed by atoms with Crippen LogP contribution < -0.4 is 5.32 Å². The molecule has 2 N–H and O–H groups in total. The molecule has 2 aromatic rings. The Balaban J connectivity index is 1.54. The van der Waals surface area contributed by atoms with Crippen LogP contribution in [0.1, 0.15) is 33.6 Å². The molecule has 3 heterocycles. The summed E-state index contributed by atoms with van der Waals surface area (Å²) in [4.78, 5) is 42.4. The van der Waals surface area contributed by atoms with Gasteiger partial charge in [-0.2, -0.15) is 0 Å². The number of carbonyl (C=O) groups excluding carboxylic acids is 3. The van der Waals surface area contributed by atoms with Gasteiger partial charge in [0.25, 0.3) is 0 Å². The highest BCUT2D eigenvalue weighted by Gasteiger charge is 2.74. The van der Waals surface area contributed by atoms with Crippen molar-refractivity contribution in [2.45, 2.75) is 55.7 Å². The van der Waals surface area contributed by atoms with Crippen LogP contribution in [-0.2, 0) is 19.1 Å². The van der Waals surface area contributed by atoms with Crippen molar-refractivity contribution in [3.05, 3.63) is 42.5 Å². The average Bonchev–Trinajstić information content (AvgIpc) is 3.47. The summed E-state index contributed by atoms with van der Waals surface area (Å²) in [5, 5.41) is 15.4. The van der Waals surface area contributed by atoms with Crippen LogP contribution in [0.25, 0.3) is 10.8 Å². The molecule has 0 saturated carbocycles. The van der Waals surface area contributed by atoms with E-state index in [9.17, 15) is 19.5 Å². The van der Waals surface area contributed by atoms with Crippen LogP contribution in [0, 0.1) is 17.8 Å². The van der Waals surface area contributed by atoms with Crippen LogP contribution in [0.4, 0.5) is 5.69 Å². The molecule has 2 unspecified atom stereocenters. The molecule has 7 nitrogen and oxygen atoms in total. The minimum Gasteiger partial charge on any atom is -0.466 e. The fraction of sp³-hybridized carbons (Fsp3) is 0.519. The molecule has 2 bridgehead atoms. The molecule has 8 heteroatoms. The van der Waals surface area contributed by atoms with Crippen molar-refractivity contribution in [2.75, 3.05) is 18.5 Å². The number of carbonyl (C=O) groups is 3. The number of amides is 2. The van der Waals surface area contributed by atoms with Gasteiger partial charge in [-0.1, -0.05) is 44.2 Å². The van der Waals surface area contributed by atoms with Crippen molar-refractivity contribution in [3.63, 3.8) is 0 Å². The number of aliphatic hydroxyl groups is 1. The zero-order chi connectivity index (χ0) is 24.9. The number of esters is 1. The zero-order valence-electron chi connectivity index (χ0n) is 20.3. The fourth-order valence-electron chi connectivity index (χ4n) is 6.35. The minimum absolute atomic E-state index is 0.0345. The van der Waals surface area contributed by atoms with Crippen molar-refractivity contribution >= 4 is 46.0 Å². The molecule has 3 fully saturated rings. The second-order valence-electron chi connectivity index (χ2n) is 10.1. The summed E-state index contributed by atoms with van der Waals surface area (Å²) in [5.41, 5.74) is 0.658. The predicted molar refractivity (Wildman–Crippen MR) is 136 cm³/mol. The van der Waals surface area contributed by atoms with Gasteiger partial charge in [-0.15, -0.1) is 11.8 Å². The summed E-state index contributed by atoms with van der Waals surface area (Å²) in [6.45, 7) is 5.64. The highest BCUT2D eigenvalue weighted by Crippen LogP contribution is 2.67. The van der Waals surface area contributed by atoms with E-state index in [0.717, 1.165) is 17.2 Å². The Morgan fingerprint density at radius 1 is 1.23 bits per heavy atom. The van der Waals surface area contributed by atoms with Crippen LogP contribution >= 0.6 is 11.8 Å². The third-order valence-electron chi connectivity index (χ3n) is 7.88. The molecule has 3 aliphatic rings. The Hall–Kier alpha value is -2.58. The first-order chi connectivity index (χ1) is 16.8. The highest BCUT2D eigenvalue weighted by atomic mass is 32.2.